The summed E-state index contributed by atoms with van der Waals surface area (Å²) >= 11 is 6.17. The predicted molar refractivity (Wildman–Crippen MR) is 103 cm³/mol. The summed E-state index contributed by atoms with van der Waals surface area (Å²) in [6.07, 6.45) is 3.32. The molecule has 0 saturated carbocycles. The number of carbonyl (C=O) groups is 1. The van der Waals surface area contributed by atoms with Crippen molar-refractivity contribution in [3.63, 3.8) is 0 Å². The first-order valence-corrected chi connectivity index (χ1v) is 8.83. The minimum absolute atomic E-state index is 0.123. The first-order chi connectivity index (χ1) is 12.7. The van der Waals surface area contributed by atoms with E-state index in [0.717, 1.165) is 24.2 Å². The zero-order valence-corrected chi connectivity index (χ0v) is 14.8. The van der Waals surface area contributed by atoms with Gasteiger partial charge in [0.2, 0.25) is 0 Å². The van der Waals surface area contributed by atoms with Gasteiger partial charge in [0, 0.05) is 18.3 Å². The number of aryl methyl sites for hydroxylation is 1. The molecule has 1 N–H and O–H groups in total. The number of fused-ring (bicyclic) bond motifs is 1. The number of rotatable bonds is 3. The van der Waals surface area contributed by atoms with Crippen LogP contribution in [0.15, 0.2) is 60.9 Å². The van der Waals surface area contributed by atoms with Gasteiger partial charge < -0.3 is 10.2 Å². The van der Waals surface area contributed by atoms with E-state index < -0.39 is 0 Å². The lowest BCUT2D eigenvalue weighted by Gasteiger charge is -2.29. The van der Waals surface area contributed by atoms with E-state index in [1.165, 1.54) is 11.9 Å². The molecule has 1 aromatic heterocycles. The van der Waals surface area contributed by atoms with Gasteiger partial charge in [-0.2, -0.15) is 0 Å². The molecule has 3 aromatic rings. The lowest BCUT2D eigenvalue weighted by atomic mass is 10.0. The standard InChI is InChI=1S/C20H17ClN4O/c21-15-8-2-3-9-16(15)24-19-12-17(22-13-23-19)20(26)25-11-5-7-14-6-1-4-10-18(14)25/h1-4,6,8-10,12-13H,5,7,11H2,(H,22,23,24). The monoisotopic (exact) mass is 364 g/mol. The summed E-state index contributed by atoms with van der Waals surface area (Å²) in [5.74, 6) is 0.406. The summed E-state index contributed by atoms with van der Waals surface area (Å²) in [5, 5.41) is 3.72. The molecule has 1 amide bonds. The average Bonchev–Trinajstić information content (AvgIpc) is 2.69. The van der Waals surface area contributed by atoms with E-state index >= 15 is 0 Å². The minimum Gasteiger partial charge on any atom is -0.339 e. The van der Waals surface area contributed by atoms with Gasteiger partial charge in [-0.15, -0.1) is 0 Å². The van der Waals surface area contributed by atoms with Crippen LogP contribution in [0.4, 0.5) is 17.2 Å². The normalized spacial score (nSPS) is 13.2. The highest BCUT2D eigenvalue weighted by atomic mass is 35.5. The largest absolute Gasteiger partial charge is 0.339 e. The number of para-hydroxylation sites is 2. The van der Waals surface area contributed by atoms with Crippen LogP contribution in [0.25, 0.3) is 0 Å². The molecule has 1 aliphatic rings. The average molecular weight is 365 g/mol. The molecule has 2 aromatic carbocycles. The molecule has 0 unspecified atom stereocenters. The fraction of sp³-hybridized carbons (Fsp3) is 0.150. The SMILES string of the molecule is O=C(c1cc(Nc2ccccc2Cl)ncn1)N1CCCc2ccccc21. The van der Waals surface area contributed by atoms with Gasteiger partial charge in [0.25, 0.3) is 5.91 Å². The number of aromatic nitrogens is 2. The van der Waals surface area contributed by atoms with Gasteiger partial charge in [0.15, 0.2) is 0 Å². The molecule has 0 radical (unpaired) electrons. The Labute approximate surface area is 156 Å². The minimum atomic E-state index is -0.123. The van der Waals surface area contributed by atoms with Crippen molar-refractivity contribution in [2.75, 3.05) is 16.8 Å². The Morgan fingerprint density at radius 3 is 2.77 bits per heavy atom. The molecule has 0 atom stereocenters. The number of amides is 1. The van der Waals surface area contributed by atoms with Gasteiger partial charge >= 0.3 is 0 Å². The van der Waals surface area contributed by atoms with E-state index in [1.54, 1.807) is 17.0 Å². The molecule has 2 heterocycles. The Morgan fingerprint density at radius 1 is 1.08 bits per heavy atom. The molecule has 0 spiro atoms. The van der Waals surface area contributed by atoms with Gasteiger partial charge in [-0.25, -0.2) is 9.97 Å². The summed E-state index contributed by atoms with van der Waals surface area (Å²) in [6.45, 7) is 0.688. The van der Waals surface area contributed by atoms with Gasteiger partial charge in [0.05, 0.1) is 10.7 Å². The van der Waals surface area contributed by atoms with E-state index in [-0.39, 0.29) is 5.91 Å². The van der Waals surface area contributed by atoms with Gasteiger partial charge in [-0.3, -0.25) is 4.79 Å². The van der Waals surface area contributed by atoms with Crippen LogP contribution in [0, 0.1) is 0 Å². The number of hydrogen-bond acceptors (Lipinski definition) is 4. The van der Waals surface area contributed by atoms with Crippen molar-refractivity contribution in [1.29, 1.82) is 0 Å². The molecule has 0 fully saturated rings. The van der Waals surface area contributed by atoms with Crippen LogP contribution < -0.4 is 10.2 Å². The quantitative estimate of drug-likeness (QED) is 0.745. The highest BCUT2D eigenvalue weighted by molar-refractivity contribution is 6.33. The van der Waals surface area contributed by atoms with Crippen LogP contribution >= 0.6 is 11.6 Å². The van der Waals surface area contributed by atoms with Crippen molar-refractivity contribution in [3.8, 4) is 0 Å². The molecule has 130 valence electrons. The van der Waals surface area contributed by atoms with E-state index in [1.807, 2.05) is 36.4 Å². The number of nitrogens with zero attached hydrogens (tertiary/aromatic N) is 3. The van der Waals surface area contributed by atoms with Crippen LogP contribution in [0.3, 0.4) is 0 Å². The molecular weight excluding hydrogens is 348 g/mol. The topological polar surface area (TPSA) is 58.1 Å². The summed E-state index contributed by atoms with van der Waals surface area (Å²) < 4.78 is 0. The maximum absolute atomic E-state index is 13.0. The van der Waals surface area contributed by atoms with Gasteiger partial charge in [-0.05, 0) is 36.6 Å². The Morgan fingerprint density at radius 2 is 1.88 bits per heavy atom. The fourth-order valence-corrected chi connectivity index (χ4v) is 3.31. The molecular formula is C20H17ClN4O. The maximum Gasteiger partial charge on any atom is 0.277 e. The molecule has 0 aliphatic carbocycles. The Bertz CT molecular complexity index is 960. The van der Waals surface area contributed by atoms with Crippen LogP contribution in [-0.4, -0.2) is 22.4 Å². The first kappa shape index (κ1) is 16.5. The molecule has 0 bridgehead atoms. The number of anilines is 3. The highest BCUT2D eigenvalue weighted by Crippen LogP contribution is 2.28. The lowest BCUT2D eigenvalue weighted by molar-refractivity contribution is 0.0980. The molecule has 5 nitrogen and oxygen atoms in total. The number of halogens is 1. The second-order valence-corrected chi connectivity index (χ2v) is 6.49. The van der Waals surface area contributed by atoms with Crippen molar-refractivity contribution >= 4 is 34.7 Å². The smallest absolute Gasteiger partial charge is 0.277 e. The Balaban J connectivity index is 1.61. The van der Waals surface area contributed by atoms with Crippen molar-refractivity contribution < 1.29 is 4.79 Å². The fourth-order valence-electron chi connectivity index (χ4n) is 3.13. The molecule has 0 saturated heterocycles. The van der Waals surface area contributed by atoms with Gasteiger partial charge in [-0.1, -0.05) is 41.9 Å². The van der Waals surface area contributed by atoms with Crippen molar-refractivity contribution in [3.05, 3.63) is 77.2 Å². The first-order valence-electron chi connectivity index (χ1n) is 8.46. The third-order valence-electron chi connectivity index (χ3n) is 4.38. The van der Waals surface area contributed by atoms with Gasteiger partial charge in [0.1, 0.15) is 17.8 Å². The number of carbonyl (C=O) groups excluding carboxylic acids is 1. The van der Waals surface area contributed by atoms with Crippen molar-refractivity contribution in [2.24, 2.45) is 0 Å². The van der Waals surface area contributed by atoms with E-state index in [9.17, 15) is 4.79 Å². The molecule has 1 aliphatic heterocycles. The molecule has 26 heavy (non-hydrogen) atoms. The van der Waals surface area contributed by atoms with Crippen molar-refractivity contribution in [2.45, 2.75) is 12.8 Å². The van der Waals surface area contributed by atoms with E-state index in [0.29, 0.717) is 23.1 Å². The second kappa shape index (κ2) is 7.14. The summed E-state index contributed by atoms with van der Waals surface area (Å²) in [6, 6.07) is 17.0. The number of benzene rings is 2. The van der Waals surface area contributed by atoms with Crippen LogP contribution in [0.2, 0.25) is 5.02 Å². The maximum atomic E-state index is 13.0. The van der Waals surface area contributed by atoms with Crippen LogP contribution in [0.5, 0.6) is 0 Å². The summed E-state index contributed by atoms with van der Waals surface area (Å²) in [4.78, 5) is 23.2. The number of hydrogen-bond donors (Lipinski definition) is 1. The van der Waals surface area contributed by atoms with Crippen LogP contribution in [0.1, 0.15) is 22.5 Å². The van der Waals surface area contributed by atoms with Crippen molar-refractivity contribution in [1.82, 2.24) is 9.97 Å². The predicted octanol–water partition coefficient (Wildman–Crippen LogP) is 4.47. The summed E-state index contributed by atoms with van der Waals surface area (Å²) in [5.41, 5.74) is 3.24. The third kappa shape index (κ3) is 3.26. The third-order valence-corrected chi connectivity index (χ3v) is 4.71. The van der Waals surface area contributed by atoms with E-state index in [2.05, 4.69) is 21.4 Å². The Hall–Kier alpha value is -2.92. The van der Waals surface area contributed by atoms with E-state index in [4.69, 9.17) is 11.6 Å². The molecule has 6 heteroatoms. The zero-order chi connectivity index (χ0) is 17.9. The zero-order valence-electron chi connectivity index (χ0n) is 14.0. The summed E-state index contributed by atoms with van der Waals surface area (Å²) in [7, 11) is 0. The highest BCUT2D eigenvalue weighted by Gasteiger charge is 2.24. The number of nitrogens with one attached hydrogen (secondary N) is 1. The van der Waals surface area contributed by atoms with Crippen LogP contribution in [-0.2, 0) is 6.42 Å². The molecule has 4 rings (SSSR count). The second-order valence-electron chi connectivity index (χ2n) is 6.08. The Kier molecular flexibility index (Phi) is 4.54. The lowest BCUT2D eigenvalue weighted by Crippen LogP contribution is -2.36.